The Bertz CT molecular complexity index is 723. The molecule has 26 heavy (non-hydrogen) atoms. The van der Waals surface area contributed by atoms with E-state index in [1.165, 1.54) is 44.6 Å². The van der Waals surface area contributed by atoms with Gasteiger partial charge in [-0.2, -0.15) is 0 Å². The quantitative estimate of drug-likeness (QED) is 0.641. The minimum absolute atomic E-state index is 0.147. The van der Waals surface area contributed by atoms with Crippen molar-refractivity contribution in [2.75, 3.05) is 13.1 Å². The minimum atomic E-state index is -0.676. The third kappa shape index (κ3) is 2.59. The Morgan fingerprint density at radius 3 is 2.73 bits per heavy atom. The van der Waals surface area contributed by atoms with Crippen LogP contribution in [0.2, 0.25) is 0 Å². The van der Waals surface area contributed by atoms with Crippen LogP contribution in [0, 0.1) is 34.9 Å². The number of benzene rings is 1. The Balaban J connectivity index is 1.33. The van der Waals surface area contributed by atoms with E-state index < -0.39 is 5.91 Å². The molecule has 1 spiro atoms. The summed E-state index contributed by atoms with van der Waals surface area (Å²) in [7, 11) is 0. The van der Waals surface area contributed by atoms with Crippen molar-refractivity contribution in [3.8, 4) is 0 Å². The van der Waals surface area contributed by atoms with Gasteiger partial charge in [0.05, 0.1) is 0 Å². The number of piperidine rings is 1. The van der Waals surface area contributed by atoms with E-state index in [0.29, 0.717) is 17.5 Å². The van der Waals surface area contributed by atoms with E-state index in [4.69, 9.17) is 5.21 Å². The summed E-state index contributed by atoms with van der Waals surface area (Å²) in [6.07, 6.45) is 8.42. The van der Waals surface area contributed by atoms with Gasteiger partial charge in [-0.05, 0) is 86.3 Å². The van der Waals surface area contributed by atoms with Crippen molar-refractivity contribution in [2.24, 2.45) is 29.1 Å². The lowest BCUT2D eigenvalue weighted by atomic mass is 9.43. The zero-order valence-corrected chi connectivity index (χ0v) is 15.1. The van der Waals surface area contributed by atoms with Gasteiger partial charge in [0, 0.05) is 24.2 Å². The first-order valence-electron chi connectivity index (χ1n) is 10.0. The maximum atomic E-state index is 14.5. The molecule has 6 rings (SSSR count). The highest BCUT2D eigenvalue weighted by atomic mass is 19.1. The highest BCUT2D eigenvalue weighted by Crippen LogP contribution is 2.65. The number of halogens is 1. The number of hydroxylamine groups is 1. The van der Waals surface area contributed by atoms with Gasteiger partial charge in [-0.15, -0.1) is 0 Å². The molecular weight excluding hydrogens is 331 g/mol. The molecule has 3 atom stereocenters. The summed E-state index contributed by atoms with van der Waals surface area (Å²) in [6.45, 7) is 2.78. The number of rotatable bonds is 3. The molecule has 5 fully saturated rings. The third-order valence-electron chi connectivity index (χ3n) is 7.79. The van der Waals surface area contributed by atoms with Gasteiger partial charge in [-0.3, -0.25) is 14.9 Å². The Morgan fingerprint density at radius 2 is 2.04 bits per heavy atom. The maximum Gasteiger partial charge on any atom is 0.274 e. The highest BCUT2D eigenvalue weighted by molar-refractivity contribution is 5.93. The number of nitrogens with zero attached hydrogens (tertiary/aromatic N) is 1. The summed E-state index contributed by atoms with van der Waals surface area (Å²) in [4.78, 5) is 13.9. The first-order valence-corrected chi connectivity index (χ1v) is 10.0. The van der Waals surface area contributed by atoms with Crippen molar-refractivity contribution in [3.05, 3.63) is 35.1 Å². The Morgan fingerprint density at radius 1 is 1.27 bits per heavy atom. The lowest BCUT2D eigenvalue weighted by Gasteiger charge is -2.64. The van der Waals surface area contributed by atoms with E-state index in [-0.39, 0.29) is 11.4 Å². The summed E-state index contributed by atoms with van der Waals surface area (Å²) in [5, 5.41) is 8.70. The molecule has 1 amide bonds. The topological polar surface area (TPSA) is 52.6 Å². The van der Waals surface area contributed by atoms with Gasteiger partial charge in [0.1, 0.15) is 5.82 Å². The number of hydrogen-bond donors (Lipinski definition) is 2. The molecule has 5 aliphatic rings. The van der Waals surface area contributed by atoms with Crippen molar-refractivity contribution in [2.45, 2.75) is 45.1 Å². The van der Waals surface area contributed by atoms with Crippen LogP contribution >= 0.6 is 0 Å². The third-order valence-corrected chi connectivity index (χ3v) is 7.79. The van der Waals surface area contributed by atoms with Crippen LogP contribution in [-0.4, -0.2) is 29.1 Å². The number of carbonyl (C=O) groups excluding carboxylic acids is 1. The average Bonchev–Trinajstić information content (AvgIpc) is 2.61. The second-order valence-electron chi connectivity index (χ2n) is 9.32. The largest absolute Gasteiger partial charge is 0.298 e. The maximum absolute atomic E-state index is 14.5. The summed E-state index contributed by atoms with van der Waals surface area (Å²) in [6, 6.07) is 4.49. The molecule has 1 aliphatic heterocycles. The fourth-order valence-corrected chi connectivity index (χ4v) is 7.21. The van der Waals surface area contributed by atoms with Gasteiger partial charge in [-0.25, -0.2) is 9.87 Å². The van der Waals surface area contributed by atoms with Crippen molar-refractivity contribution >= 4 is 5.91 Å². The van der Waals surface area contributed by atoms with Crippen LogP contribution in [0.1, 0.15) is 54.4 Å². The smallest absolute Gasteiger partial charge is 0.274 e. The molecule has 4 nitrogen and oxygen atoms in total. The molecule has 3 unspecified atom stereocenters. The molecule has 0 aromatic heterocycles. The zero-order chi connectivity index (χ0) is 17.9. The van der Waals surface area contributed by atoms with Gasteiger partial charge in [0.2, 0.25) is 0 Å². The van der Waals surface area contributed by atoms with Crippen molar-refractivity contribution in [1.82, 2.24) is 10.4 Å². The standard InChI is InChI=1S/C21H27FN2O2/c22-19-8-15(20(25)23-26)1-2-16(19)11-24-4-3-18-17-6-13-5-14(7-17)10-21(18,9-13)12-24/h1-2,8,13-14,17-18,26H,3-7,9-12H2,(H,23,25). The fraction of sp³-hybridized carbons (Fsp3) is 0.667. The second-order valence-corrected chi connectivity index (χ2v) is 9.32. The van der Waals surface area contributed by atoms with Gasteiger partial charge < -0.3 is 0 Å². The average molecular weight is 358 g/mol. The molecule has 4 saturated carbocycles. The Hall–Kier alpha value is -1.46. The first kappa shape index (κ1) is 16.7. The van der Waals surface area contributed by atoms with Crippen LogP contribution in [0.15, 0.2) is 18.2 Å². The van der Waals surface area contributed by atoms with Gasteiger partial charge in [0.25, 0.3) is 5.91 Å². The molecule has 1 aromatic rings. The normalized spacial score (nSPS) is 38.2. The van der Waals surface area contributed by atoms with Crippen LogP contribution in [0.5, 0.6) is 0 Å². The highest BCUT2D eigenvalue weighted by Gasteiger charge is 2.58. The number of hydrogen-bond acceptors (Lipinski definition) is 3. The van der Waals surface area contributed by atoms with E-state index in [1.807, 2.05) is 0 Å². The number of carbonyl (C=O) groups is 1. The lowest BCUT2D eigenvalue weighted by molar-refractivity contribution is -0.147. The van der Waals surface area contributed by atoms with E-state index in [9.17, 15) is 9.18 Å². The fourth-order valence-electron chi connectivity index (χ4n) is 7.21. The first-order chi connectivity index (χ1) is 12.6. The van der Waals surface area contributed by atoms with Gasteiger partial charge in [-0.1, -0.05) is 6.07 Å². The number of nitrogens with one attached hydrogen (secondary N) is 1. The molecule has 2 N–H and O–H groups in total. The molecule has 1 aromatic carbocycles. The van der Waals surface area contributed by atoms with Crippen LogP contribution in [-0.2, 0) is 6.54 Å². The summed E-state index contributed by atoms with van der Waals surface area (Å²) >= 11 is 0. The summed E-state index contributed by atoms with van der Waals surface area (Å²) < 4.78 is 14.5. The van der Waals surface area contributed by atoms with Crippen molar-refractivity contribution < 1.29 is 14.4 Å². The molecule has 0 radical (unpaired) electrons. The molecule has 4 aliphatic carbocycles. The molecule has 140 valence electrons. The molecule has 5 heteroatoms. The molecular formula is C21H27FN2O2. The predicted molar refractivity (Wildman–Crippen MR) is 95.0 cm³/mol. The summed E-state index contributed by atoms with van der Waals surface area (Å²) in [5.74, 6) is 2.69. The van der Waals surface area contributed by atoms with Crippen LogP contribution in [0.3, 0.4) is 0 Å². The molecule has 1 heterocycles. The number of amides is 1. The van der Waals surface area contributed by atoms with Crippen LogP contribution < -0.4 is 5.48 Å². The van der Waals surface area contributed by atoms with Crippen LogP contribution in [0.4, 0.5) is 4.39 Å². The van der Waals surface area contributed by atoms with E-state index in [2.05, 4.69) is 4.90 Å². The molecule has 4 bridgehead atoms. The van der Waals surface area contributed by atoms with Crippen LogP contribution in [0.25, 0.3) is 0 Å². The van der Waals surface area contributed by atoms with Gasteiger partial charge >= 0.3 is 0 Å². The van der Waals surface area contributed by atoms with Crippen molar-refractivity contribution in [3.63, 3.8) is 0 Å². The predicted octanol–water partition coefficient (Wildman–Crippen LogP) is 3.59. The molecule has 1 saturated heterocycles. The van der Waals surface area contributed by atoms with E-state index >= 15 is 0 Å². The van der Waals surface area contributed by atoms with Gasteiger partial charge in [0.15, 0.2) is 0 Å². The SMILES string of the molecule is O=C(NO)c1ccc(CN2CCC3C4CC5CC(C4)CC3(C5)C2)c(F)c1. The second kappa shape index (κ2) is 6.03. The Kier molecular flexibility index (Phi) is 3.87. The van der Waals surface area contributed by atoms with E-state index in [1.54, 1.807) is 17.6 Å². The van der Waals surface area contributed by atoms with Crippen molar-refractivity contribution in [1.29, 1.82) is 0 Å². The zero-order valence-electron chi connectivity index (χ0n) is 15.1. The Labute approximate surface area is 153 Å². The monoisotopic (exact) mass is 358 g/mol. The van der Waals surface area contributed by atoms with E-state index in [0.717, 1.165) is 36.8 Å². The minimum Gasteiger partial charge on any atom is -0.298 e. The lowest BCUT2D eigenvalue weighted by Crippen LogP contribution is -2.60. The summed E-state index contributed by atoms with van der Waals surface area (Å²) in [5.41, 5.74) is 2.83. The number of likely N-dealkylation sites (tertiary alicyclic amines) is 1.